The number of anilines is 1. The summed E-state index contributed by atoms with van der Waals surface area (Å²) >= 11 is 0. The van der Waals surface area contributed by atoms with Gasteiger partial charge in [-0.1, -0.05) is 25.8 Å². The van der Waals surface area contributed by atoms with Crippen molar-refractivity contribution in [2.24, 2.45) is 5.92 Å². The molecule has 1 saturated carbocycles. The molecule has 1 N–H and O–H groups in total. The standard InChI is InChI=1S/C17H23N3O/c1-2-4-13-7-9-15(10-8-13)19-16-6-3-5-14(11-16)17-20-18-12-21-17/h3,5-6,11-13,15,19H,2,4,7-10H2,1H3. The molecular weight excluding hydrogens is 262 g/mol. The lowest BCUT2D eigenvalue weighted by atomic mass is 9.83. The van der Waals surface area contributed by atoms with Crippen LogP contribution in [0.2, 0.25) is 0 Å². The van der Waals surface area contributed by atoms with E-state index in [2.05, 4.69) is 34.6 Å². The Morgan fingerprint density at radius 2 is 2.10 bits per heavy atom. The van der Waals surface area contributed by atoms with Gasteiger partial charge in [-0.3, -0.25) is 0 Å². The van der Waals surface area contributed by atoms with Crippen molar-refractivity contribution in [3.05, 3.63) is 30.7 Å². The summed E-state index contributed by atoms with van der Waals surface area (Å²) in [5, 5.41) is 11.3. The van der Waals surface area contributed by atoms with Crippen molar-refractivity contribution in [2.45, 2.75) is 51.5 Å². The molecule has 0 bridgehead atoms. The van der Waals surface area contributed by atoms with E-state index in [1.54, 1.807) is 0 Å². The summed E-state index contributed by atoms with van der Waals surface area (Å²) in [6, 6.07) is 8.82. The minimum Gasteiger partial charge on any atom is -0.423 e. The van der Waals surface area contributed by atoms with Gasteiger partial charge in [0.1, 0.15) is 0 Å². The maximum absolute atomic E-state index is 5.26. The first-order valence-electron chi connectivity index (χ1n) is 7.98. The average Bonchev–Trinajstić information content (AvgIpc) is 3.04. The highest BCUT2D eigenvalue weighted by molar-refractivity contribution is 5.61. The van der Waals surface area contributed by atoms with Gasteiger partial charge in [0, 0.05) is 17.3 Å². The number of rotatable bonds is 5. The summed E-state index contributed by atoms with van der Waals surface area (Å²) in [5.74, 6) is 1.52. The quantitative estimate of drug-likeness (QED) is 0.878. The van der Waals surface area contributed by atoms with E-state index in [1.807, 2.05) is 12.1 Å². The van der Waals surface area contributed by atoms with Gasteiger partial charge < -0.3 is 9.73 Å². The van der Waals surface area contributed by atoms with E-state index >= 15 is 0 Å². The van der Waals surface area contributed by atoms with Gasteiger partial charge in [-0.25, -0.2) is 0 Å². The molecule has 0 spiro atoms. The topological polar surface area (TPSA) is 51.0 Å². The Balaban J connectivity index is 1.60. The SMILES string of the molecule is CCCC1CCC(Nc2cccc(-c3nnco3)c2)CC1. The molecule has 1 aromatic carbocycles. The molecule has 0 saturated heterocycles. The monoisotopic (exact) mass is 285 g/mol. The Labute approximate surface area is 126 Å². The number of hydrogen-bond donors (Lipinski definition) is 1. The van der Waals surface area contributed by atoms with Crippen LogP contribution in [0.4, 0.5) is 5.69 Å². The van der Waals surface area contributed by atoms with E-state index in [1.165, 1.54) is 44.9 Å². The van der Waals surface area contributed by atoms with Crippen LogP contribution in [-0.4, -0.2) is 16.2 Å². The Morgan fingerprint density at radius 3 is 2.81 bits per heavy atom. The highest BCUT2D eigenvalue weighted by Gasteiger charge is 2.20. The van der Waals surface area contributed by atoms with Crippen molar-refractivity contribution in [2.75, 3.05) is 5.32 Å². The van der Waals surface area contributed by atoms with Crippen molar-refractivity contribution in [1.82, 2.24) is 10.2 Å². The van der Waals surface area contributed by atoms with E-state index in [4.69, 9.17) is 4.42 Å². The molecule has 0 unspecified atom stereocenters. The predicted octanol–water partition coefficient (Wildman–Crippen LogP) is 4.51. The van der Waals surface area contributed by atoms with Crippen molar-refractivity contribution >= 4 is 5.69 Å². The molecule has 1 aromatic heterocycles. The summed E-state index contributed by atoms with van der Waals surface area (Å²) in [6.45, 7) is 2.29. The fraction of sp³-hybridized carbons (Fsp3) is 0.529. The van der Waals surface area contributed by atoms with Crippen LogP contribution in [0.5, 0.6) is 0 Å². The van der Waals surface area contributed by atoms with Gasteiger partial charge in [-0.15, -0.1) is 10.2 Å². The van der Waals surface area contributed by atoms with Gasteiger partial charge in [-0.2, -0.15) is 0 Å². The van der Waals surface area contributed by atoms with Gasteiger partial charge in [0.05, 0.1) is 0 Å². The van der Waals surface area contributed by atoms with Crippen molar-refractivity contribution < 1.29 is 4.42 Å². The van der Waals surface area contributed by atoms with E-state index in [9.17, 15) is 0 Å². The molecule has 4 heteroatoms. The molecule has 1 heterocycles. The summed E-state index contributed by atoms with van der Waals surface area (Å²) in [7, 11) is 0. The van der Waals surface area contributed by atoms with Gasteiger partial charge in [0.2, 0.25) is 12.3 Å². The maximum Gasteiger partial charge on any atom is 0.247 e. The molecule has 2 aromatic rings. The van der Waals surface area contributed by atoms with Gasteiger partial charge in [0.25, 0.3) is 0 Å². The smallest absolute Gasteiger partial charge is 0.247 e. The Hall–Kier alpha value is -1.84. The third-order valence-corrected chi connectivity index (χ3v) is 4.38. The number of nitrogens with zero attached hydrogens (tertiary/aromatic N) is 2. The first-order chi connectivity index (χ1) is 10.3. The second-order valence-corrected chi connectivity index (χ2v) is 5.98. The average molecular weight is 285 g/mol. The highest BCUT2D eigenvalue weighted by atomic mass is 16.4. The predicted molar refractivity (Wildman–Crippen MR) is 84.0 cm³/mol. The zero-order valence-corrected chi connectivity index (χ0v) is 12.6. The largest absolute Gasteiger partial charge is 0.423 e. The molecule has 112 valence electrons. The van der Waals surface area contributed by atoms with Crippen LogP contribution in [0.15, 0.2) is 35.1 Å². The molecule has 0 amide bonds. The van der Waals surface area contributed by atoms with E-state index in [-0.39, 0.29) is 0 Å². The zero-order valence-electron chi connectivity index (χ0n) is 12.6. The summed E-state index contributed by atoms with van der Waals surface area (Å²) < 4.78 is 5.26. The highest BCUT2D eigenvalue weighted by Crippen LogP contribution is 2.30. The molecule has 0 aliphatic heterocycles. The fourth-order valence-electron chi connectivity index (χ4n) is 3.28. The first kappa shape index (κ1) is 14.1. The minimum absolute atomic E-state index is 0.574. The molecular formula is C17H23N3O. The molecule has 1 aliphatic carbocycles. The summed E-state index contributed by atoms with van der Waals surface area (Å²) in [5.41, 5.74) is 2.11. The molecule has 0 atom stereocenters. The van der Waals surface area contributed by atoms with Gasteiger partial charge in [-0.05, 0) is 49.8 Å². The van der Waals surface area contributed by atoms with Crippen LogP contribution in [0.3, 0.4) is 0 Å². The second-order valence-electron chi connectivity index (χ2n) is 5.98. The van der Waals surface area contributed by atoms with Crippen LogP contribution < -0.4 is 5.32 Å². The van der Waals surface area contributed by atoms with Crippen LogP contribution in [0.25, 0.3) is 11.5 Å². The lowest BCUT2D eigenvalue weighted by Gasteiger charge is -2.29. The number of hydrogen-bond acceptors (Lipinski definition) is 4. The van der Waals surface area contributed by atoms with Gasteiger partial charge in [0.15, 0.2) is 0 Å². The maximum atomic E-state index is 5.26. The van der Waals surface area contributed by atoms with E-state index < -0.39 is 0 Å². The lowest BCUT2D eigenvalue weighted by Crippen LogP contribution is -2.26. The number of aromatic nitrogens is 2. The fourth-order valence-corrected chi connectivity index (χ4v) is 3.28. The molecule has 4 nitrogen and oxygen atoms in total. The Morgan fingerprint density at radius 1 is 1.24 bits per heavy atom. The number of nitrogens with one attached hydrogen (secondary N) is 1. The van der Waals surface area contributed by atoms with Crippen LogP contribution in [0.1, 0.15) is 45.4 Å². The third-order valence-electron chi connectivity index (χ3n) is 4.38. The normalized spacial score (nSPS) is 22.1. The zero-order chi connectivity index (χ0) is 14.5. The first-order valence-corrected chi connectivity index (χ1v) is 7.98. The van der Waals surface area contributed by atoms with Crippen molar-refractivity contribution in [1.29, 1.82) is 0 Å². The second kappa shape index (κ2) is 6.74. The van der Waals surface area contributed by atoms with E-state index in [0.29, 0.717) is 11.9 Å². The molecule has 1 aliphatic rings. The summed E-state index contributed by atoms with van der Waals surface area (Å²) in [4.78, 5) is 0. The number of benzene rings is 1. The Bertz CT molecular complexity index is 545. The van der Waals surface area contributed by atoms with Crippen LogP contribution in [0, 0.1) is 5.92 Å². The third kappa shape index (κ3) is 3.63. The molecule has 0 radical (unpaired) electrons. The van der Waals surface area contributed by atoms with Crippen molar-refractivity contribution in [3.8, 4) is 11.5 Å². The van der Waals surface area contributed by atoms with Crippen LogP contribution >= 0.6 is 0 Å². The van der Waals surface area contributed by atoms with Crippen molar-refractivity contribution in [3.63, 3.8) is 0 Å². The lowest BCUT2D eigenvalue weighted by molar-refractivity contribution is 0.319. The van der Waals surface area contributed by atoms with E-state index in [0.717, 1.165) is 17.2 Å². The molecule has 1 fully saturated rings. The van der Waals surface area contributed by atoms with Crippen LogP contribution in [-0.2, 0) is 0 Å². The minimum atomic E-state index is 0.574. The molecule has 3 rings (SSSR count). The Kier molecular flexibility index (Phi) is 4.53. The van der Waals surface area contributed by atoms with Gasteiger partial charge >= 0.3 is 0 Å². The summed E-state index contributed by atoms with van der Waals surface area (Å²) in [6.07, 6.45) is 9.33. The molecule has 21 heavy (non-hydrogen) atoms.